The molecule has 1 N–H and O–H groups in total. The zero-order valence-corrected chi connectivity index (χ0v) is 11.5. The highest BCUT2D eigenvalue weighted by Gasteiger charge is 2.38. The molecule has 0 radical (unpaired) electrons. The number of hydrogen-bond donors (Lipinski definition) is 1. The van der Waals surface area contributed by atoms with E-state index in [1.54, 1.807) is 0 Å². The Balaban J connectivity index is 1.79. The van der Waals surface area contributed by atoms with Crippen molar-refractivity contribution in [3.63, 3.8) is 0 Å². The number of ether oxygens (including phenoxy) is 1. The molecular weight excluding hydrogens is 244 g/mol. The summed E-state index contributed by atoms with van der Waals surface area (Å²) in [7, 11) is 0. The lowest BCUT2D eigenvalue weighted by Gasteiger charge is -2.33. The van der Waals surface area contributed by atoms with Gasteiger partial charge in [0.15, 0.2) is 0 Å². The zero-order chi connectivity index (χ0) is 13.1. The van der Waals surface area contributed by atoms with Crippen molar-refractivity contribution in [2.24, 2.45) is 0 Å². The summed E-state index contributed by atoms with van der Waals surface area (Å²) in [6.07, 6.45) is 3.21. The van der Waals surface area contributed by atoms with Crippen LogP contribution in [0.15, 0.2) is 4.52 Å². The Morgan fingerprint density at radius 2 is 2.00 bits per heavy atom. The third kappa shape index (κ3) is 2.47. The van der Waals surface area contributed by atoms with Gasteiger partial charge in [-0.25, -0.2) is 0 Å². The van der Waals surface area contributed by atoms with Crippen molar-refractivity contribution >= 4 is 5.95 Å². The van der Waals surface area contributed by atoms with Gasteiger partial charge in [0.1, 0.15) is 0 Å². The molecule has 2 aliphatic rings. The van der Waals surface area contributed by atoms with Crippen molar-refractivity contribution in [2.75, 3.05) is 44.3 Å². The Labute approximate surface area is 113 Å². The summed E-state index contributed by atoms with van der Waals surface area (Å²) in [5.74, 6) is 1.54. The van der Waals surface area contributed by atoms with Crippen molar-refractivity contribution in [3.05, 3.63) is 5.89 Å². The molecule has 3 rings (SSSR count). The lowest BCUT2D eigenvalue weighted by Crippen LogP contribution is -2.40. The number of piperidine rings is 1. The first-order chi connectivity index (χ1) is 9.34. The Bertz CT molecular complexity index is 409. The van der Waals surface area contributed by atoms with E-state index in [2.05, 4.69) is 27.3 Å². The van der Waals surface area contributed by atoms with Gasteiger partial charge >= 0.3 is 0 Å². The van der Waals surface area contributed by atoms with Crippen LogP contribution in [0, 0.1) is 0 Å². The highest BCUT2D eigenvalue weighted by molar-refractivity contribution is 5.29. The molecule has 0 spiro atoms. The molecule has 3 heterocycles. The summed E-state index contributed by atoms with van der Waals surface area (Å²) in [6.45, 7) is 7.45. The third-order valence-electron chi connectivity index (χ3n) is 4.40. The number of hydrogen-bond acceptors (Lipinski definition) is 6. The molecule has 2 fully saturated rings. The molecule has 6 heteroatoms. The van der Waals surface area contributed by atoms with Crippen LogP contribution in [0.1, 0.15) is 32.1 Å². The number of nitrogens with zero attached hydrogens (tertiary/aromatic N) is 3. The van der Waals surface area contributed by atoms with E-state index >= 15 is 0 Å². The highest BCUT2D eigenvalue weighted by atomic mass is 16.5. The fraction of sp³-hybridized carbons (Fsp3) is 0.846. The second kappa shape index (κ2) is 5.46. The molecule has 2 aliphatic heterocycles. The van der Waals surface area contributed by atoms with E-state index in [0.717, 1.165) is 70.5 Å². The van der Waals surface area contributed by atoms with Gasteiger partial charge in [-0.2, -0.15) is 4.98 Å². The van der Waals surface area contributed by atoms with Gasteiger partial charge < -0.3 is 19.5 Å². The molecule has 19 heavy (non-hydrogen) atoms. The normalized spacial score (nSPS) is 23.5. The maximum Gasteiger partial charge on any atom is 0.266 e. The van der Waals surface area contributed by atoms with Crippen LogP contribution in [0.3, 0.4) is 0 Å². The maximum atomic E-state index is 5.58. The summed E-state index contributed by atoms with van der Waals surface area (Å²) in [4.78, 5) is 6.81. The summed E-state index contributed by atoms with van der Waals surface area (Å²) >= 11 is 0. The minimum Gasteiger partial charge on any atom is -0.378 e. The average molecular weight is 266 g/mol. The molecule has 0 saturated carbocycles. The molecule has 0 aromatic carbocycles. The molecule has 1 aromatic heterocycles. The Hall–Kier alpha value is -1.14. The van der Waals surface area contributed by atoms with E-state index < -0.39 is 0 Å². The predicted octanol–water partition coefficient (Wildman–Crippen LogP) is 0.937. The molecule has 6 nitrogen and oxygen atoms in total. The first-order valence-electron chi connectivity index (χ1n) is 7.22. The van der Waals surface area contributed by atoms with Crippen LogP contribution in [-0.2, 0) is 10.2 Å². The molecule has 0 unspecified atom stereocenters. The van der Waals surface area contributed by atoms with E-state index in [-0.39, 0.29) is 5.41 Å². The molecular formula is C13H22N4O2. The highest BCUT2D eigenvalue weighted by Crippen LogP contribution is 2.36. The summed E-state index contributed by atoms with van der Waals surface area (Å²) in [5.41, 5.74) is 0.0722. The van der Waals surface area contributed by atoms with E-state index in [0.29, 0.717) is 0 Å². The van der Waals surface area contributed by atoms with Crippen molar-refractivity contribution in [2.45, 2.75) is 31.6 Å². The Morgan fingerprint density at radius 1 is 1.26 bits per heavy atom. The largest absolute Gasteiger partial charge is 0.378 e. The van der Waals surface area contributed by atoms with Crippen LogP contribution in [-0.4, -0.2) is 49.5 Å². The van der Waals surface area contributed by atoms with E-state index in [4.69, 9.17) is 9.26 Å². The second-order valence-electron chi connectivity index (χ2n) is 5.38. The van der Waals surface area contributed by atoms with Gasteiger partial charge in [0.25, 0.3) is 5.95 Å². The first kappa shape index (κ1) is 12.9. The number of aromatic nitrogens is 2. The van der Waals surface area contributed by atoms with Crippen LogP contribution >= 0.6 is 0 Å². The maximum absolute atomic E-state index is 5.58. The van der Waals surface area contributed by atoms with Gasteiger partial charge in [-0.05, 0) is 37.5 Å². The van der Waals surface area contributed by atoms with Crippen molar-refractivity contribution in [3.8, 4) is 0 Å². The lowest BCUT2D eigenvalue weighted by molar-refractivity contribution is 0.121. The van der Waals surface area contributed by atoms with Crippen LogP contribution in [0.25, 0.3) is 0 Å². The first-order valence-corrected chi connectivity index (χ1v) is 7.22. The van der Waals surface area contributed by atoms with Crippen LogP contribution in [0.5, 0.6) is 0 Å². The predicted molar refractivity (Wildman–Crippen MR) is 71.4 cm³/mol. The van der Waals surface area contributed by atoms with E-state index in [1.165, 1.54) is 0 Å². The quantitative estimate of drug-likeness (QED) is 0.878. The molecule has 106 valence electrons. The molecule has 0 aliphatic carbocycles. The molecule has 1 aromatic rings. The van der Waals surface area contributed by atoms with Gasteiger partial charge in [0.05, 0.1) is 18.6 Å². The number of anilines is 1. The molecule has 0 atom stereocenters. The van der Waals surface area contributed by atoms with Crippen molar-refractivity contribution in [1.29, 1.82) is 0 Å². The van der Waals surface area contributed by atoms with Crippen molar-refractivity contribution in [1.82, 2.24) is 15.5 Å². The molecule has 0 bridgehead atoms. The fourth-order valence-corrected chi connectivity index (χ4v) is 2.95. The summed E-state index contributed by atoms with van der Waals surface area (Å²) < 4.78 is 10.9. The minimum absolute atomic E-state index is 0.0722. The monoisotopic (exact) mass is 266 g/mol. The van der Waals surface area contributed by atoms with Gasteiger partial charge in [0.2, 0.25) is 5.89 Å². The summed E-state index contributed by atoms with van der Waals surface area (Å²) in [5, 5.41) is 7.57. The zero-order valence-electron chi connectivity index (χ0n) is 11.5. The molecule has 2 saturated heterocycles. The minimum atomic E-state index is 0.0722. The van der Waals surface area contributed by atoms with Gasteiger partial charge in [-0.3, -0.25) is 0 Å². The average Bonchev–Trinajstić information content (AvgIpc) is 2.99. The Kier molecular flexibility index (Phi) is 3.70. The third-order valence-corrected chi connectivity index (χ3v) is 4.40. The number of morpholine rings is 1. The van der Waals surface area contributed by atoms with Gasteiger partial charge in [0, 0.05) is 13.1 Å². The second-order valence-corrected chi connectivity index (χ2v) is 5.38. The summed E-state index contributed by atoms with van der Waals surface area (Å²) in [6, 6.07) is 0. The number of rotatable bonds is 3. The number of nitrogens with one attached hydrogen (secondary N) is 1. The van der Waals surface area contributed by atoms with Gasteiger partial charge in [-0.15, -0.1) is 0 Å². The topological polar surface area (TPSA) is 63.4 Å². The molecule has 0 amide bonds. The van der Waals surface area contributed by atoms with Crippen LogP contribution < -0.4 is 10.2 Å². The smallest absolute Gasteiger partial charge is 0.266 e. The van der Waals surface area contributed by atoms with Gasteiger partial charge in [-0.1, -0.05) is 6.92 Å². The van der Waals surface area contributed by atoms with E-state index in [9.17, 15) is 0 Å². The SMILES string of the molecule is CCC1(c2nc(N3CCOCC3)no2)CCNCC1. The van der Waals surface area contributed by atoms with E-state index in [1.807, 2.05) is 0 Å². The van der Waals surface area contributed by atoms with Crippen molar-refractivity contribution < 1.29 is 9.26 Å². The van der Waals surface area contributed by atoms with Crippen LogP contribution in [0.4, 0.5) is 5.95 Å². The Morgan fingerprint density at radius 3 is 2.68 bits per heavy atom. The fourth-order valence-electron chi connectivity index (χ4n) is 2.95. The van der Waals surface area contributed by atoms with Crippen LogP contribution in [0.2, 0.25) is 0 Å². The lowest BCUT2D eigenvalue weighted by atomic mass is 9.76. The standard InChI is InChI=1S/C13H22N4O2/c1-2-13(3-5-14-6-4-13)11-15-12(16-19-11)17-7-9-18-10-8-17/h14H,2-10H2,1H3.